The van der Waals surface area contributed by atoms with Gasteiger partial charge in [-0.25, -0.2) is 4.79 Å². The summed E-state index contributed by atoms with van der Waals surface area (Å²) in [5.41, 5.74) is 5.03. The van der Waals surface area contributed by atoms with E-state index in [2.05, 4.69) is 0 Å². The molecule has 0 heterocycles. The van der Waals surface area contributed by atoms with Gasteiger partial charge in [-0.3, -0.25) is 9.59 Å². The normalized spacial score (nSPS) is 9.76. The second-order valence-electron chi connectivity index (χ2n) is 3.67. The Bertz CT molecular complexity index is 462. The summed E-state index contributed by atoms with van der Waals surface area (Å²) in [5.74, 6) is -2.39. The van der Waals surface area contributed by atoms with Crippen molar-refractivity contribution in [3.8, 4) is 0 Å². The third-order valence-corrected chi connectivity index (χ3v) is 2.12. The summed E-state index contributed by atoms with van der Waals surface area (Å²) in [5, 5.41) is 8.86. The molecule has 0 saturated heterocycles. The highest BCUT2D eigenvalue weighted by Gasteiger charge is 2.15. The minimum Gasteiger partial charge on any atom is -0.478 e. The zero-order valence-electron chi connectivity index (χ0n) is 9.43. The molecule has 0 bridgehead atoms. The first-order valence-corrected chi connectivity index (χ1v) is 4.72. The molecular formula is C11H12N2O4. The number of nitrogens with two attached hydrogens (primary N) is 1. The van der Waals surface area contributed by atoms with Gasteiger partial charge < -0.3 is 15.7 Å². The lowest BCUT2D eigenvalue weighted by Gasteiger charge is -2.11. The average molecular weight is 236 g/mol. The van der Waals surface area contributed by atoms with E-state index < -0.39 is 17.8 Å². The Hall–Kier alpha value is -2.37. The molecule has 0 unspecified atom stereocenters. The molecule has 6 heteroatoms. The summed E-state index contributed by atoms with van der Waals surface area (Å²) < 4.78 is 0. The number of hydrogen-bond acceptors (Lipinski definition) is 3. The number of aromatic carboxylic acids is 1. The van der Waals surface area contributed by atoms with Crippen molar-refractivity contribution in [2.75, 3.05) is 14.1 Å². The standard InChI is InChI=1S/C11H12N2O4/c1-13(2)10(15)7-3-6(9(12)14)4-8(5-7)11(16)17/h3-5H,1-2H3,(H2,12,14)(H,16,17). The van der Waals surface area contributed by atoms with Gasteiger partial charge in [-0.2, -0.15) is 0 Å². The fourth-order valence-electron chi connectivity index (χ4n) is 1.27. The molecule has 1 aromatic carbocycles. The smallest absolute Gasteiger partial charge is 0.335 e. The second kappa shape index (κ2) is 4.65. The van der Waals surface area contributed by atoms with E-state index >= 15 is 0 Å². The van der Waals surface area contributed by atoms with Crippen LogP contribution in [-0.4, -0.2) is 41.9 Å². The SMILES string of the molecule is CN(C)C(=O)c1cc(C(N)=O)cc(C(=O)O)c1. The molecule has 0 aromatic heterocycles. The van der Waals surface area contributed by atoms with Crippen LogP contribution >= 0.6 is 0 Å². The largest absolute Gasteiger partial charge is 0.478 e. The molecule has 0 spiro atoms. The molecule has 0 aliphatic heterocycles. The van der Waals surface area contributed by atoms with Gasteiger partial charge in [-0.15, -0.1) is 0 Å². The van der Waals surface area contributed by atoms with E-state index in [1.54, 1.807) is 0 Å². The zero-order valence-corrected chi connectivity index (χ0v) is 9.43. The second-order valence-corrected chi connectivity index (χ2v) is 3.67. The number of amides is 2. The molecule has 0 atom stereocenters. The molecule has 0 radical (unpaired) electrons. The van der Waals surface area contributed by atoms with Gasteiger partial charge >= 0.3 is 5.97 Å². The maximum Gasteiger partial charge on any atom is 0.335 e. The lowest BCUT2D eigenvalue weighted by atomic mass is 10.0. The van der Waals surface area contributed by atoms with E-state index in [1.165, 1.54) is 31.1 Å². The van der Waals surface area contributed by atoms with Crippen LogP contribution in [0.15, 0.2) is 18.2 Å². The van der Waals surface area contributed by atoms with Crippen LogP contribution in [0.1, 0.15) is 31.1 Å². The number of benzene rings is 1. The molecule has 2 amide bonds. The number of rotatable bonds is 3. The summed E-state index contributed by atoms with van der Waals surface area (Å²) >= 11 is 0. The third kappa shape index (κ3) is 2.81. The van der Waals surface area contributed by atoms with Crippen molar-refractivity contribution in [3.63, 3.8) is 0 Å². The van der Waals surface area contributed by atoms with Crippen molar-refractivity contribution in [2.45, 2.75) is 0 Å². The summed E-state index contributed by atoms with van der Waals surface area (Å²) in [6.07, 6.45) is 0. The fraction of sp³-hybridized carbons (Fsp3) is 0.182. The van der Waals surface area contributed by atoms with E-state index in [1.807, 2.05) is 0 Å². The summed E-state index contributed by atoms with van der Waals surface area (Å²) in [7, 11) is 3.05. The number of carbonyl (C=O) groups excluding carboxylic acids is 2. The highest BCUT2D eigenvalue weighted by atomic mass is 16.4. The predicted octanol–water partition coefficient (Wildman–Crippen LogP) is 0.186. The van der Waals surface area contributed by atoms with Crippen molar-refractivity contribution < 1.29 is 19.5 Å². The maximum atomic E-state index is 11.7. The molecule has 0 aliphatic rings. The van der Waals surface area contributed by atoms with E-state index in [0.717, 1.165) is 6.07 Å². The summed E-state index contributed by atoms with van der Waals surface area (Å²) in [6, 6.07) is 3.62. The van der Waals surface area contributed by atoms with Gasteiger partial charge in [-0.05, 0) is 18.2 Å². The van der Waals surface area contributed by atoms with Crippen molar-refractivity contribution in [2.24, 2.45) is 5.73 Å². The lowest BCUT2D eigenvalue weighted by Crippen LogP contribution is -2.23. The first-order chi connectivity index (χ1) is 7.82. The van der Waals surface area contributed by atoms with E-state index in [9.17, 15) is 14.4 Å². The van der Waals surface area contributed by atoms with Crippen molar-refractivity contribution in [3.05, 3.63) is 34.9 Å². The molecule has 90 valence electrons. The fourth-order valence-corrected chi connectivity index (χ4v) is 1.27. The minimum absolute atomic E-state index is 0.00454. The first kappa shape index (κ1) is 12.7. The van der Waals surface area contributed by atoms with Crippen LogP contribution in [0.2, 0.25) is 0 Å². The predicted molar refractivity (Wildman–Crippen MR) is 59.9 cm³/mol. The van der Waals surface area contributed by atoms with Gasteiger partial charge in [0.25, 0.3) is 5.91 Å². The van der Waals surface area contributed by atoms with Crippen LogP contribution < -0.4 is 5.73 Å². The number of primary amides is 1. The molecule has 0 aliphatic carbocycles. The molecular weight excluding hydrogens is 224 g/mol. The Morgan fingerprint density at radius 2 is 1.53 bits per heavy atom. The van der Waals surface area contributed by atoms with Crippen LogP contribution in [0.25, 0.3) is 0 Å². The topological polar surface area (TPSA) is 101 Å². The maximum absolute atomic E-state index is 11.7. The van der Waals surface area contributed by atoms with Crippen LogP contribution in [0.3, 0.4) is 0 Å². The van der Waals surface area contributed by atoms with E-state index in [0.29, 0.717) is 0 Å². The highest BCUT2D eigenvalue weighted by molar-refractivity contribution is 6.02. The number of nitrogens with zero attached hydrogens (tertiary/aromatic N) is 1. The molecule has 0 fully saturated rings. The first-order valence-electron chi connectivity index (χ1n) is 4.72. The van der Waals surface area contributed by atoms with Crippen molar-refractivity contribution in [1.29, 1.82) is 0 Å². The number of hydrogen-bond donors (Lipinski definition) is 2. The quantitative estimate of drug-likeness (QED) is 0.781. The van der Waals surface area contributed by atoms with Crippen LogP contribution in [0.5, 0.6) is 0 Å². The third-order valence-electron chi connectivity index (χ3n) is 2.12. The number of carboxylic acid groups (broad SMARTS) is 1. The summed E-state index contributed by atoms with van der Waals surface area (Å²) in [6.45, 7) is 0. The van der Waals surface area contributed by atoms with Gasteiger partial charge in [0.2, 0.25) is 5.91 Å². The van der Waals surface area contributed by atoms with Gasteiger partial charge in [0.1, 0.15) is 0 Å². The summed E-state index contributed by atoms with van der Waals surface area (Å²) in [4.78, 5) is 34.8. The van der Waals surface area contributed by atoms with E-state index in [4.69, 9.17) is 10.8 Å². The van der Waals surface area contributed by atoms with Crippen molar-refractivity contribution in [1.82, 2.24) is 4.90 Å². The molecule has 0 saturated carbocycles. The highest BCUT2D eigenvalue weighted by Crippen LogP contribution is 2.12. The molecule has 17 heavy (non-hydrogen) atoms. The zero-order chi connectivity index (χ0) is 13.2. The minimum atomic E-state index is -1.22. The molecule has 1 aromatic rings. The molecule has 1 rings (SSSR count). The van der Waals surface area contributed by atoms with Crippen molar-refractivity contribution >= 4 is 17.8 Å². The van der Waals surface area contributed by atoms with Gasteiger partial charge in [0.05, 0.1) is 5.56 Å². The van der Waals surface area contributed by atoms with Gasteiger partial charge in [-0.1, -0.05) is 0 Å². The average Bonchev–Trinajstić information content (AvgIpc) is 2.27. The number of carbonyl (C=O) groups is 3. The Morgan fingerprint density at radius 1 is 1.06 bits per heavy atom. The molecule has 3 N–H and O–H groups in total. The van der Waals surface area contributed by atoms with Gasteiger partial charge in [0, 0.05) is 25.2 Å². The van der Waals surface area contributed by atoms with E-state index in [-0.39, 0.29) is 16.7 Å². The number of carboxylic acids is 1. The van der Waals surface area contributed by atoms with Crippen LogP contribution in [-0.2, 0) is 0 Å². The van der Waals surface area contributed by atoms with Gasteiger partial charge in [0.15, 0.2) is 0 Å². The van der Waals surface area contributed by atoms with Crippen LogP contribution in [0.4, 0.5) is 0 Å². The Morgan fingerprint density at radius 3 is 1.94 bits per heavy atom. The molecule has 6 nitrogen and oxygen atoms in total. The van der Waals surface area contributed by atoms with Crippen LogP contribution in [0, 0.1) is 0 Å². The monoisotopic (exact) mass is 236 g/mol. The Kier molecular flexibility index (Phi) is 3.47. The lowest BCUT2D eigenvalue weighted by molar-refractivity contribution is 0.0697. The Balaban J connectivity index is 3.36. The Labute approximate surface area is 97.6 Å².